The topological polar surface area (TPSA) is 52.3 Å². The highest BCUT2D eigenvalue weighted by atomic mass is 16.5. The van der Waals surface area contributed by atoms with Crippen molar-refractivity contribution in [2.45, 2.75) is 18.8 Å². The van der Waals surface area contributed by atoms with E-state index in [9.17, 15) is 4.79 Å². The van der Waals surface area contributed by atoms with E-state index in [1.54, 1.807) is 7.11 Å². The molecule has 2 aromatic rings. The maximum absolute atomic E-state index is 11.0. The maximum atomic E-state index is 11.0. The average molecular weight is 243 g/mol. The fraction of sp³-hybridized carbons (Fsp3) is 0.286. The molecule has 0 spiro atoms. The summed E-state index contributed by atoms with van der Waals surface area (Å²) in [4.78, 5) is 11.0. The normalized spacial score (nSPS) is 15.5. The van der Waals surface area contributed by atoms with Crippen LogP contribution in [0, 0.1) is 0 Å². The summed E-state index contributed by atoms with van der Waals surface area (Å²) in [5.74, 6) is 2.13. The van der Waals surface area contributed by atoms with Crippen LogP contribution in [0.2, 0.25) is 0 Å². The number of nitrogens with zero attached hydrogens (tertiary/aromatic N) is 1. The molecule has 92 valence electrons. The van der Waals surface area contributed by atoms with Crippen LogP contribution in [0.25, 0.3) is 11.3 Å². The van der Waals surface area contributed by atoms with Crippen LogP contribution in [-0.2, 0) is 4.79 Å². The number of hydrogen-bond donors (Lipinski definition) is 0. The molecule has 0 N–H and O–H groups in total. The van der Waals surface area contributed by atoms with Gasteiger partial charge in [0.1, 0.15) is 23.0 Å². The van der Waals surface area contributed by atoms with E-state index >= 15 is 0 Å². The van der Waals surface area contributed by atoms with Crippen LogP contribution < -0.4 is 4.74 Å². The zero-order valence-corrected chi connectivity index (χ0v) is 10.1. The summed E-state index contributed by atoms with van der Waals surface area (Å²) in [7, 11) is 1.64. The number of aromatic nitrogens is 1. The van der Waals surface area contributed by atoms with Crippen molar-refractivity contribution in [1.82, 2.24) is 5.16 Å². The molecule has 0 atom stereocenters. The number of rotatable bonds is 3. The fourth-order valence-corrected chi connectivity index (χ4v) is 2.07. The van der Waals surface area contributed by atoms with Gasteiger partial charge in [0.25, 0.3) is 0 Å². The van der Waals surface area contributed by atoms with Crippen molar-refractivity contribution in [3.8, 4) is 17.0 Å². The molecule has 1 saturated carbocycles. The predicted molar refractivity (Wildman–Crippen MR) is 65.5 cm³/mol. The molecule has 1 aliphatic carbocycles. The van der Waals surface area contributed by atoms with E-state index in [0.29, 0.717) is 18.6 Å². The van der Waals surface area contributed by atoms with E-state index in [1.807, 2.05) is 30.3 Å². The molecule has 4 nitrogen and oxygen atoms in total. The third kappa shape index (κ3) is 1.90. The van der Waals surface area contributed by atoms with Gasteiger partial charge in [-0.3, -0.25) is 4.79 Å². The molecule has 4 heteroatoms. The van der Waals surface area contributed by atoms with E-state index in [2.05, 4.69) is 5.16 Å². The monoisotopic (exact) mass is 243 g/mol. The van der Waals surface area contributed by atoms with Crippen LogP contribution in [0.15, 0.2) is 34.9 Å². The zero-order valence-electron chi connectivity index (χ0n) is 10.1. The van der Waals surface area contributed by atoms with E-state index in [4.69, 9.17) is 9.26 Å². The Morgan fingerprint density at radius 1 is 1.28 bits per heavy atom. The van der Waals surface area contributed by atoms with E-state index < -0.39 is 0 Å². The molecule has 1 aromatic carbocycles. The lowest BCUT2D eigenvalue weighted by atomic mass is 9.82. The smallest absolute Gasteiger partial charge is 0.141 e. The molecule has 0 amide bonds. The lowest BCUT2D eigenvalue weighted by molar-refractivity contribution is -0.125. The Bertz CT molecular complexity index is 563. The molecule has 1 heterocycles. The van der Waals surface area contributed by atoms with Crippen LogP contribution in [0.1, 0.15) is 24.5 Å². The summed E-state index contributed by atoms with van der Waals surface area (Å²) in [5, 5.41) is 4.04. The van der Waals surface area contributed by atoms with Gasteiger partial charge in [0, 0.05) is 30.4 Å². The number of hydrogen-bond acceptors (Lipinski definition) is 4. The van der Waals surface area contributed by atoms with Crippen molar-refractivity contribution in [2.75, 3.05) is 7.11 Å². The molecule has 0 saturated heterocycles. The molecule has 3 rings (SSSR count). The van der Waals surface area contributed by atoms with Gasteiger partial charge in [-0.25, -0.2) is 0 Å². The second kappa shape index (κ2) is 4.29. The first-order chi connectivity index (χ1) is 8.76. The van der Waals surface area contributed by atoms with Crippen LogP contribution in [0.4, 0.5) is 0 Å². The minimum atomic E-state index is 0.219. The highest BCUT2D eigenvalue weighted by molar-refractivity contribution is 5.86. The first kappa shape index (κ1) is 11.0. The Balaban J connectivity index is 1.81. The van der Waals surface area contributed by atoms with Crippen LogP contribution in [0.5, 0.6) is 5.75 Å². The third-order valence-electron chi connectivity index (χ3n) is 3.26. The van der Waals surface area contributed by atoms with Crippen LogP contribution in [-0.4, -0.2) is 18.0 Å². The second-order valence-corrected chi connectivity index (χ2v) is 4.49. The first-order valence-corrected chi connectivity index (χ1v) is 5.89. The molecule has 1 aromatic heterocycles. The van der Waals surface area contributed by atoms with Gasteiger partial charge in [-0.2, -0.15) is 0 Å². The van der Waals surface area contributed by atoms with E-state index in [1.165, 1.54) is 0 Å². The number of carbonyl (C=O) groups is 1. The predicted octanol–water partition coefficient (Wildman–Crippen LogP) is 2.80. The molecular formula is C14H13NO3. The Kier molecular flexibility index (Phi) is 2.63. The first-order valence-electron chi connectivity index (χ1n) is 5.89. The Labute approximate surface area is 105 Å². The molecule has 0 bridgehead atoms. The lowest BCUT2D eigenvalue weighted by Gasteiger charge is -2.20. The minimum Gasteiger partial charge on any atom is -0.497 e. The molecule has 0 radical (unpaired) electrons. The van der Waals surface area contributed by atoms with Gasteiger partial charge < -0.3 is 9.26 Å². The van der Waals surface area contributed by atoms with Crippen LogP contribution in [0.3, 0.4) is 0 Å². The number of carbonyl (C=O) groups excluding carboxylic acids is 1. The summed E-state index contributed by atoms with van der Waals surface area (Å²) in [6.45, 7) is 0. The average Bonchev–Trinajstić information content (AvgIpc) is 2.84. The highest BCUT2D eigenvalue weighted by Crippen LogP contribution is 2.35. The number of Topliss-reactive ketones (excluding diaryl/α,β-unsaturated/α-hetero) is 1. The number of methoxy groups -OCH3 is 1. The fourth-order valence-electron chi connectivity index (χ4n) is 2.07. The number of benzene rings is 1. The van der Waals surface area contributed by atoms with Gasteiger partial charge in [-0.15, -0.1) is 0 Å². The number of ether oxygens (including phenoxy) is 1. The zero-order chi connectivity index (χ0) is 12.5. The van der Waals surface area contributed by atoms with Crippen molar-refractivity contribution >= 4 is 5.78 Å². The summed E-state index contributed by atoms with van der Waals surface area (Å²) in [6.07, 6.45) is 1.16. The lowest BCUT2D eigenvalue weighted by Crippen LogP contribution is -2.20. The van der Waals surface area contributed by atoms with Crippen molar-refractivity contribution in [1.29, 1.82) is 0 Å². The van der Waals surface area contributed by atoms with Crippen molar-refractivity contribution < 1.29 is 14.1 Å². The Morgan fingerprint density at radius 3 is 2.61 bits per heavy atom. The molecular weight excluding hydrogens is 230 g/mol. The minimum absolute atomic E-state index is 0.219. The Hall–Kier alpha value is -2.10. The summed E-state index contributed by atoms with van der Waals surface area (Å²) < 4.78 is 10.4. The van der Waals surface area contributed by atoms with Crippen molar-refractivity contribution in [3.05, 3.63) is 36.1 Å². The van der Waals surface area contributed by atoms with Gasteiger partial charge in [0.15, 0.2) is 0 Å². The third-order valence-corrected chi connectivity index (χ3v) is 3.26. The highest BCUT2D eigenvalue weighted by Gasteiger charge is 2.31. The van der Waals surface area contributed by atoms with Gasteiger partial charge in [0.05, 0.1) is 7.11 Å². The summed E-state index contributed by atoms with van der Waals surface area (Å²) >= 11 is 0. The largest absolute Gasteiger partial charge is 0.497 e. The quantitative estimate of drug-likeness (QED) is 0.831. The summed E-state index contributed by atoms with van der Waals surface area (Å²) in [6, 6.07) is 9.56. The molecule has 18 heavy (non-hydrogen) atoms. The molecule has 1 aliphatic rings. The van der Waals surface area contributed by atoms with Crippen LogP contribution >= 0.6 is 0 Å². The van der Waals surface area contributed by atoms with E-state index in [-0.39, 0.29) is 5.92 Å². The van der Waals surface area contributed by atoms with Crippen molar-refractivity contribution in [2.24, 2.45) is 0 Å². The number of ketones is 1. The van der Waals surface area contributed by atoms with Gasteiger partial charge in [0.2, 0.25) is 0 Å². The SMILES string of the molecule is COc1ccc(-c2cc(C3CC(=O)C3)on2)cc1. The standard InChI is InChI=1S/C14H13NO3/c1-17-12-4-2-9(3-5-12)13-8-14(18-15-13)10-6-11(16)7-10/h2-5,8,10H,6-7H2,1H3. The maximum Gasteiger partial charge on any atom is 0.141 e. The molecule has 1 fully saturated rings. The summed E-state index contributed by atoms with van der Waals surface area (Å²) in [5.41, 5.74) is 1.78. The molecule has 0 unspecified atom stereocenters. The van der Waals surface area contributed by atoms with E-state index in [0.717, 1.165) is 22.8 Å². The van der Waals surface area contributed by atoms with Gasteiger partial charge in [-0.05, 0) is 24.3 Å². The second-order valence-electron chi connectivity index (χ2n) is 4.49. The van der Waals surface area contributed by atoms with Gasteiger partial charge in [-0.1, -0.05) is 5.16 Å². The van der Waals surface area contributed by atoms with Crippen molar-refractivity contribution in [3.63, 3.8) is 0 Å². The Morgan fingerprint density at radius 2 is 2.00 bits per heavy atom. The van der Waals surface area contributed by atoms with Gasteiger partial charge >= 0.3 is 0 Å². The molecule has 0 aliphatic heterocycles.